The summed E-state index contributed by atoms with van der Waals surface area (Å²) in [6.07, 6.45) is -0.930. The molecule has 2 N–H and O–H groups in total. The first-order valence-corrected chi connectivity index (χ1v) is 5.66. The molecular weight excluding hydrogens is 252 g/mol. The highest BCUT2D eigenvalue weighted by molar-refractivity contribution is 6.31. The minimum atomic E-state index is -1.83. The molecule has 2 rings (SSSR count). The van der Waals surface area contributed by atoms with Crippen molar-refractivity contribution >= 4 is 17.8 Å². The van der Waals surface area contributed by atoms with Crippen LogP contribution in [0.4, 0.5) is 4.79 Å². The molecule has 0 aliphatic rings. The summed E-state index contributed by atoms with van der Waals surface area (Å²) < 4.78 is 0. The van der Waals surface area contributed by atoms with Crippen LogP contribution in [0.15, 0.2) is 54.6 Å². The molecule has 3 nitrogen and oxygen atoms in total. The molecule has 0 saturated heterocycles. The lowest BCUT2D eigenvalue weighted by Gasteiger charge is -2.03. The largest absolute Gasteiger partial charge is 0.503 e. The van der Waals surface area contributed by atoms with Crippen molar-refractivity contribution < 1.29 is 15.0 Å². The van der Waals surface area contributed by atoms with Crippen LogP contribution in [0.25, 0.3) is 0 Å². The minimum Gasteiger partial charge on any atom is -0.450 e. The summed E-state index contributed by atoms with van der Waals surface area (Å²) in [5.74, 6) is 0. The second kappa shape index (κ2) is 7.35. The lowest BCUT2D eigenvalue weighted by molar-refractivity contribution is 0.137. The number of hydrogen-bond donors (Lipinski definition) is 2. The molecule has 0 radical (unpaired) electrons. The molecule has 18 heavy (non-hydrogen) atoms. The average Bonchev–Trinajstić information content (AvgIpc) is 2.33. The Morgan fingerprint density at radius 3 is 2.00 bits per heavy atom. The van der Waals surface area contributed by atoms with Gasteiger partial charge in [-0.1, -0.05) is 60.1 Å². The van der Waals surface area contributed by atoms with Gasteiger partial charge in [0.05, 0.1) is 0 Å². The Kier molecular flexibility index (Phi) is 5.74. The van der Waals surface area contributed by atoms with Crippen LogP contribution in [0.3, 0.4) is 0 Å². The maximum Gasteiger partial charge on any atom is 0.503 e. The van der Waals surface area contributed by atoms with Gasteiger partial charge in [0.15, 0.2) is 0 Å². The second-order valence-corrected chi connectivity index (χ2v) is 3.94. The number of carboxylic acid groups (broad SMARTS) is 2. The summed E-state index contributed by atoms with van der Waals surface area (Å²) in [5, 5.41) is 14.8. The van der Waals surface area contributed by atoms with E-state index in [1.165, 1.54) is 11.1 Å². The van der Waals surface area contributed by atoms with Gasteiger partial charge in [-0.3, -0.25) is 0 Å². The molecule has 2 aromatic carbocycles. The van der Waals surface area contributed by atoms with E-state index < -0.39 is 6.16 Å². The third kappa shape index (κ3) is 5.37. The van der Waals surface area contributed by atoms with Gasteiger partial charge in [-0.25, -0.2) is 4.79 Å². The van der Waals surface area contributed by atoms with Crippen LogP contribution < -0.4 is 0 Å². The molecule has 0 fully saturated rings. The van der Waals surface area contributed by atoms with Crippen molar-refractivity contribution in [3.05, 3.63) is 70.7 Å². The van der Waals surface area contributed by atoms with Gasteiger partial charge in [0.1, 0.15) is 0 Å². The van der Waals surface area contributed by atoms with Crippen LogP contribution in [0, 0.1) is 0 Å². The minimum absolute atomic E-state index is 0.844. The van der Waals surface area contributed by atoms with E-state index in [0.717, 1.165) is 11.4 Å². The zero-order chi connectivity index (χ0) is 13.4. The second-order valence-electron chi connectivity index (χ2n) is 3.54. The molecule has 0 atom stereocenters. The molecule has 2 aromatic rings. The van der Waals surface area contributed by atoms with Gasteiger partial charge in [-0.15, -0.1) is 0 Å². The maximum absolute atomic E-state index is 8.56. The van der Waals surface area contributed by atoms with Gasteiger partial charge in [0.25, 0.3) is 0 Å². The summed E-state index contributed by atoms with van der Waals surface area (Å²) in [7, 11) is 0. The predicted octanol–water partition coefficient (Wildman–Crippen LogP) is 4.15. The first-order valence-electron chi connectivity index (χ1n) is 5.29. The number of rotatable bonds is 2. The summed E-state index contributed by atoms with van der Waals surface area (Å²) in [6.45, 7) is 0. The van der Waals surface area contributed by atoms with Crippen molar-refractivity contribution in [1.82, 2.24) is 0 Å². The topological polar surface area (TPSA) is 57.5 Å². The highest BCUT2D eigenvalue weighted by Gasteiger charge is 1.99. The fourth-order valence-corrected chi connectivity index (χ4v) is 1.66. The van der Waals surface area contributed by atoms with Crippen LogP contribution in [0.5, 0.6) is 0 Å². The van der Waals surface area contributed by atoms with E-state index in [1.807, 2.05) is 36.4 Å². The molecule has 0 unspecified atom stereocenters. The average molecular weight is 265 g/mol. The third-order valence-electron chi connectivity index (χ3n) is 2.20. The van der Waals surface area contributed by atoms with Crippen LogP contribution >= 0.6 is 11.6 Å². The smallest absolute Gasteiger partial charge is 0.450 e. The summed E-state index contributed by atoms with van der Waals surface area (Å²) >= 11 is 6.07. The predicted molar refractivity (Wildman–Crippen MR) is 71.4 cm³/mol. The van der Waals surface area contributed by atoms with E-state index in [1.54, 1.807) is 0 Å². The molecule has 0 aliphatic carbocycles. The quantitative estimate of drug-likeness (QED) is 0.856. The zero-order valence-corrected chi connectivity index (χ0v) is 10.3. The normalized spacial score (nSPS) is 9.17. The Morgan fingerprint density at radius 1 is 0.944 bits per heavy atom. The third-order valence-corrected chi connectivity index (χ3v) is 2.56. The van der Waals surface area contributed by atoms with Crippen molar-refractivity contribution in [3.63, 3.8) is 0 Å². The van der Waals surface area contributed by atoms with Gasteiger partial charge in [-0.05, 0) is 23.6 Å². The van der Waals surface area contributed by atoms with Gasteiger partial charge >= 0.3 is 6.16 Å². The maximum atomic E-state index is 8.56. The highest BCUT2D eigenvalue weighted by atomic mass is 35.5. The first-order chi connectivity index (χ1) is 8.59. The van der Waals surface area contributed by atoms with Gasteiger partial charge in [0.2, 0.25) is 0 Å². The number of hydrogen-bond acceptors (Lipinski definition) is 1. The van der Waals surface area contributed by atoms with Crippen LogP contribution in [-0.2, 0) is 6.42 Å². The van der Waals surface area contributed by atoms with E-state index in [2.05, 4.69) is 18.2 Å². The summed E-state index contributed by atoms with van der Waals surface area (Å²) in [6, 6.07) is 18.3. The van der Waals surface area contributed by atoms with Crippen LogP contribution in [0.2, 0.25) is 5.02 Å². The molecule has 0 spiro atoms. The fourth-order valence-electron chi connectivity index (χ4n) is 1.46. The summed E-state index contributed by atoms with van der Waals surface area (Å²) in [5.41, 5.74) is 2.47. The van der Waals surface area contributed by atoms with Crippen molar-refractivity contribution in [2.45, 2.75) is 6.42 Å². The van der Waals surface area contributed by atoms with Gasteiger partial charge in [-0.2, -0.15) is 0 Å². The molecule has 4 heteroatoms. The van der Waals surface area contributed by atoms with E-state index in [9.17, 15) is 0 Å². The molecule has 0 aliphatic heterocycles. The molecular formula is C14H13ClO3. The first kappa shape index (κ1) is 14.1. The van der Waals surface area contributed by atoms with E-state index >= 15 is 0 Å². The molecule has 0 bridgehead atoms. The van der Waals surface area contributed by atoms with E-state index in [4.69, 9.17) is 26.6 Å². The fraction of sp³-hybridized carbons (Fsp3) is 0.0714. The van der Waals surface area contributed by atoms with Crippen LogP contribution in [-0.4, -0.2) is 16.4 Å². The molecule has 94 valence electrons. The molecule has 0 saturated carbocycles. The lowest BCUT2D eigenvalue weighted by atomic mass is 10.1. The van der Waals surface area contributed by atoms with Gasteiger partial charge < -0.3 is 10.2 Å². The van der Waals surface area contributed by atoms with E-state index in [0.29, 0.717) is 0 Å². The SMILES string of the molecule is Clc1ccccc1Cc1ccccc1.O=C(O)O. The monoisotopic (exact) mass is 264 g/mol. The Morgan fingerprint density at radius 2 is 1.44 bits per heavy atom. The highest BCUT2D eigenvalue weighted by Crippen LogP contribution is 2.18. The molecule has 0 heterocycles. The van der Waals surface area contributed by atoms with Gasteiger partial charge in [0, 0.05) is 5.02 Å². The summed E-state index contributed by atoms with van der Waals surface area (Å²) in [4.78, 5) is 8.56. The van der Waals surface area contributed by atoms with E-state index in [-0.39, 0.29) is 0 Å². The Bertz CT molecular complexity index is 493. The van der Waals surface area contributed by atoms with Crippen molar-refractivity contribution in [3.8, 4) is 0 Å². The molecule has 0 aromatic heterocycles. The van der Waals surface area contributed by atoms with Crippen molar-refractivity contribution in [2.24, 2.45) is 0 Å². The Hall–Kier alpha value is -2.00. The number of carbonyl (C=O) groups is 1. The number of halogens is 1. The van der Waals surface area contributed by atoms with Crippen molar-refractivity contribution in [2.75, 3.05) is 0 Å². The number of benzene rings is 2. The Labute approximate surface area is 110 Å². The van der Waals surface area contributed by atoms with Crippen molar-refractivity contribution in [1.29, 1.82) is 0 Å². The molecule has 0 amide bonds. The zero-order valence-electron chi connectivity index (χ0n) is 9.58. The standard InChI is InChI=1S/C13H11Cl.CH2O3/c14-13-9-5-4-8-12(13)10-11-6-2-1-3-7-11;2-1(3)4/h1-9H,10H2;(H2,2,3,4). The lowest BCUT2D eigenvalue weighted by Crippen LogP contribution is -1.87. The van der Waals surface area contributed by atoms with Crippen LogP contribution in [0.1, 0.15) is 11.1 Å². The Balaban J connectivity index is 0.000000357.